The van der Waals surface area contributed by atoms with Crippen molar-refractivity contribution in [2.75, 3.05) is 46.5 Å². The van der Waals surface area contributed by atoms with Crippen molar-refractivity contribution in [3.63, 3.8) is 0 Å². The Labute approximate surface area is 189 Å². The summed E-state index contributed by atoms with van der Waals surface area (Å²) < 4.78 is 10.5. The molecule has 0 spiro atoms. The number of methoxy groups -OCH3 is 1. The van der Waals surface area contributed by atoms with Crippen LogP contribution < -0.4 is 4.74 Å². The van der Waals surface area contributed by atoms with E-state index in [4.69, 9.17) is 21.1 Å². The first-order valence-electron chi connectivity index (χ1n) is 9.97. The number of carbonyl (C=O) groups is 2. The molecule has 0 radical (unpaired) electrons. The quantitative estimate of drug-likeness (QED) is 0.403. The van der Waals surface area contributed by atoms with Crippen LogP contribution in [0, 0.1) is 0 Å². The second-order valence-corrected chi connectivity index (χ2v) is 8.70. The number of halogens is 1. The molecule has 0 aliphatic carbocycles. The van der Waals surface area contributed by atoms with Crippen LogP contribution in [0.3, 0.4) is 0 Å². The maximum Gasteiger partial charge on any atom is 0.295 e. The van der Waals surface area contributed by atoms with Crippen LogP contribution in [0.1, 0.15) is 16.5 Å². The fourth-order valence-corrected chi connectivity index (χ4v) is 5.00. The lowest BCUT2D eigenvalue weighted by Gasteiger charge is -2.30. The van der Waals surface area contributed by atoms with Crippen LogP contribution in [-0.2, 0) is 14.3 Å². The number of ether oxygens (including phenoxy) is 2. The lowest BCUT2D eigenvalue weighted by molar-refractivity contribution is -0.140. The van der Waals surface area contributed by atoms with E-state index < -0.39 is 17.7 Å². The Morgan fingerprint density at radius 3 is 2.68 bits per heavy atom. The van der Waals surface area contributed by atoms with Gasteiger partial charge in [-0.25, -0.2) is 0 Å². The van der Waals surface area contributed by atoms with Crippen molar-refractivity contribution in [2.24, 2.45) is 0 Å². The van der Waals surface area contributed by atoms with E-state index in [0.717, 1.165) is 18.0 Å². The fourth-order valence-electron chi connectivity index (χ4n) is 3.90. The highest BCUT2D eigenvalue weighted by atomic mass is 35.5. The van der Waals surface area contributed by atoms with Crippen LogP contribution in [0.25, 0.3) is 5.76 Å². The minimum atomic E-state index is -0.690. The molecule has 9 heteroatoms. The van der Waals surface area contributed by atoms with Crippen LogP contribution in [-0.4, -0.2) is 73.1 Å². The number of benzene rings is 1. The molecule has 2 aliphatic heterocycles. The van der Waals surface area contributed by atoms with Crippen molar-refractivity contribution in [3.05, 3.63) is 56.7 Å². The zero-order valence-corrected chi connectivity index (χ0v) is 18.6. The molecule has 31 heavy (non-hydrogen) atoms. The Bertz CT molecular complexity index is 1000. The van der Waals surface area contributed by atoms with Crippen LogP contribution in [0.2, 0.25) is 5.02 Å². The van der Waals surface area contributed by atoms with Gasteiger partial charge < -0.3 is 19.5 Å². The molecule has 2 aliphatic rings. The van der Waals surface area contributed by atoms with Gasteiger partial charge in [-0.2, -0.15) is 0 Å². The third kappa shape index (κ3) is 4.34. The van der Waals surface area contributed by atoms with Crippen molar-refractivity contribution in [1.82, 2.24) is 9.80 Å². The van der Waals surface area contributed by atoms with Crippen molar-refractivity contribution in [2.45, 2.75) is 6.04 Å². The molecule has 2 saturated heterocycles. The number of likely N-dealkylation sites (tertiary alicyclic amines) is 1. The van der Waals surface area contributed by atoms with Crippen molar-refractivity contribution in [1.29, 1.82) is 0 Å². The minimum Gasteiger partial charge on any atom is -0.507 e. The SMILES string of the molecule is COc1ccc(/C(O)=C2\C(=O)C(=O)N(CCN3CCOCC3)[C@H]2c2cccs2)cc1Cl. The number of aliphatic hydroxyl groups is 1. The number of carbonyl (C=O) groups excluding carboxylic acids is 2. The fraction of sp³-hybridized carbons (Fsp3) is 0.364. The Morgan fingerprint density at radius 1 is 1.26 bits per heavy atom. The summed E-state index contributed by atoms with van der Waals surface area (Å²) in [6, 6.07) is 7.87. The Kier molecular flexibility index (Phi) is 6.62. The number of hydrogen-bond donors (Lipinski definition) is 1. The van der Waals surface area contributed by atoms with Gasteiger partial charge in [0.2, 0.25) is 0 Å². The summed E-state index contributed by atoms with van der Waals surface area (Å²) in [5, 5.41) is 13.3. The summed E-state index contributed by atoms with van der Waals surface area (Å²) >= 11 is 7.66. The van der Waals surface area contributed by atoms with E-state index in [1.54, 1.807) is 17.0 Å². The number of amides is 1. The van der Waals surface area contributed by atoms with Crippen LogP contribution in [0.15, 0.2) is 41.3 Å². The second-order valence-electron chi connectivity index (χ2n) is 7.31. The lowest BCUT2D eigenvalue weighted by Crippen LogP contribution is -2.42. The summed E-state index contributed by atoms with van der Waals surface area (Å²) in [5.74, 6) is -1.08. The van der Waals surface area contributed by atoms with Gasteiger partial charge in [0.25, 0.3) is 11.7 Å². The Balaban J connectivity index is 1.70. The molecule has 7 nitrogen and oxygen atoms in total. The third-order valence-corrected chi connectivity index (χ3v) is 6.76. The molecule has 1 aromatic heterocycles. The van der Waals surface area contributed by atoms with E-state index in [2.05, 4.69) is 4.90 Å². The molecule has 1 N–H and O–H groups in total. The molecule has 0 unspecified atom stereocenters. The van der Waals surface area contributed by atoms with E-state index >= 15 is 0 Å². The highest BCUT2D eigenvalue weighted by molar-refractivity contribution is 7.10. The first kappa shape index (κ1) is 21.8. The van der Waals surface area contributed by atoms with Crippen molar-refractivity contribution in [3.8, 4) is 5.75 Å². The topological polar surface area (TPSA) is 79.3 Å². The smallest absolute Gasteiger partial charge is 0.295 e. The van der Waals surface area contributed by atoms with Gasteiger partial charge in [0.1, 0.15) is 11.5 Å². The number of Topliss-reactive ketones (excluding diaryl/α,β-unsaturated/α-hetero) is 1. The van der Waals surface area contributed by atoms with E-state index in [1.165, 1.54) is 24.5 Å². The first-order chi connectivity index (χ1) is 15.0. The number of thiophene rings is 1. The van der Waals surface area contributed by atoms with Gasteiger partial charge in [0.15, 0.2) is 0 Å². The summed E-state index contributed by atoms with van der Waals surface area (Å²) in [5.41, 5.74) is 0.439. The average Bonchev–Trinajstić information content (AvgIpc) is 3.40. The summed E-state index contributed by atoms with van der Waals surface area (Å²) in [6.07, 6.45) is 0. The zero-order valence-electron chi connectivity index (χ0n) is 17.0. The first-order valence-corrected chi connectivity index (χ1v) is 11.2. The van der Waals surface area contributed by atoms with Gasteiger partial charge in [-0.1, -0.05) is 17.7 Å². The molecule has 0 bridgehead atoms. The van der Waals surface area contributed by atoms with Gasteiger partial charge in [-0.3, -0.25) is 14.5 Å². The molecule has 2 fully saturated rings. The van der Waals surface area contributed by atoms with E-state index in [9.17, 15) is 14.7 Å². The van der Waals surface area contributed by atoms with Gasteiger partial charge in [-0.05, 0) is 29.6 Å². The van der Waals surface area contributed by atoms with Gasteiger partial charge in [0, 0.05) is 36.6 Å². The Morgan fingerprint density at radius 2 is 2.03 bits per heavy atom. The summed E-state index contributed by atoms with van der Waals surface area (Å²) in [4.78, 5) is 30.5. The number of ketones is 1. The second kappa shape index (κ2) is 9.40. The molecular weight excluding hydrogens is 440 g/mol. The normalized spacial score (nSPS) is 21.6. The highest BCUT2D eigenvalue weighted by Crippen LogP contribution is 2.41. The molecule has 4 rings (SSSR count). The standard InChI is InChI=1S/C22H23ClN2O5S/c1-29-16-5-4-14(13-15(16)23)20(26)18-19(17-3-2-12-31-17)25(22(28)21(18)27)7-6-24-8-10-30-11-9-24/h2-5,12-13,19,26H,6-11H2,1H3/b20-18+/t19-/m0/s1. The molecular formula is C22H23ClN2O5S. The van der Waals surface area contributed by atoms with E-state index in [-0.39, 0.29) is 11.3 Å². The predicted octanol–water partition coefficient (Wildman–Crippen LogP) is 3.16. The van der Waals surface area contributed by atoms with E-state index in [0.29, 0.717) is 42.6 Å². The van der Waals surface area contributed by atoms with Crippen molar-refractivity contribution >= 4 is 40.4 Å². The zero-order chi connectivity index (χ0) is 22.0. The molecule has 3 heterocycles. The largest absolute Gasteiger partial charge is 0.507 e. The van der Waals surface area contributed by atoms with Crippen molar-refractivity contribution < 1.29 is 24.2 Å². The van der Waals surface area contributed by atoms with Gasteiger partial charge in [-0.15, -0.1) is 11.3 Å². The molecule has 164 valence electrons. The van der Waals surface area contributed by atoms with E-state index in [1.807, 2.05) is 17.5 Å². The summed E-state index contributed by atoms with van der Waals surface area (Å²) in [7, 11) is 1.50. The highest BCUT2D eigenvalue weighted by Gasteiger charge is 2.46. The number of hydrogen-bond acceptors (Lipinski definition) is 7. The molecule has 1 atom stereocenters. The maximum atomic E-state index is 13.0. The Hall–Kier alpha value is -2.39. The lowest BCUT2D eigenvalue weighted by atomic mass is 10.00. The number of rotatable bonds is 6. The minimum absolute atomic E-state index is 0.0793. The van der Waals surface area contributed by atoms with Crippen LogP contribution in [0.4, 0.5) is 0 Å². The molecule has 1 amide bonds. The molecule has 1 aromatic carbocycles. The third-order valence-electron chi connectivity index (χ3n) is 5.54. The average molecular weight is 463 g/mol. The molecule has 0 saturated carbocycles. The van der Waals surface area contributed by atoms with Gasteiger partial charge >= 0.3 is 0 Å². The monoisotopic (exact) mass is 462 g/mol. The number of morpholine rings is 1. The van der Waals surface area contributed by atoms with Crippen LogP contribution >= 0.6 is 22.9 Å². The predicted molar refractivity (Wildman–Crippen MR) is 119 cm³/mol. The van der Waals surface area contributed by atoms with Gasteiger partial charge in [0.05, 0.1) is 37.0 Å². The summed E-state index contributed by atoms with van der Waals surface area (Å²) in [6.45, 7) is 3.91. The van der Waals surface area contributed by atoms with Crippen LogP contribution in [0.5, 0.6) is 5.75 Å². The maximum absolute atomic E-state index is 13.0. The number of nitrogens with zero attached hydrogens (tertiary/aromatic N) is 2. The molecule has 2 aromatic rings. The number of aliphatic hydroxyl groups excluding tert-OH is 1.